The highest BCUT2D eigenvalue weighted by Crippen LogP contribution is 2.18. The van der Waals surface area contributed by atoms with E-state index in [1.165, 1.54) is 6.33 Å². The van der Waals surface area contributed by atoms with E-state index in [1.54, 1.807) is 6.92 Å². The minimum Gasteiger partial charge on any atom is -0.391 e. The van der Waals surface area contributed by atoms with Crippen LogP contribution >= 0.6 is 11.6 Å². The molecule has 1 aromatic rings. The van der Waals surface area contributed by atoms with Crippen molar-refractivity contribution in [3.63, 3.8) is 0 Å². The van der Waals surface area contributed by atoms with Gasteiger partial charge in [-0.25, -0.2) is 4.98 Å². The summed E-state index contributed by atoms with van der Waals surface area (Å²) in [6, 6.07) is 0. The van der Waals surface area contributed by atoms with Crippen molar-refractivity contribution in [3.8, 4) is 0 Å². The number of H-pyrrole nitrogens is 1. The van der Waals surface area contributed by atoms with E-state index in [9.17, 15) is 0 Å². The predicted molar refractivity (Wildman–Crippen MR) is 36.7 cm³/mol. The van der Waals surface area contributed by atoms with Crippen LogP contribution in [-0.2, 0) is 0 Å². The number of halogens is 1. The molecular formula is C5H8ClN3O. The van der Waals surface area contributed by atoms with Gasteiger partial charge in [-0.3, -0.25) is 5.10 Å². The van der Waals surface area contributed by atoms with Crippen molar-refractivity contribution in [2.24, 2.45) is 0 Å². The van der Waals surface area contributed by atoms with Crippen LogP contribution in [0.4, 0.5) is 0 Å². The molecule has 0 amide bonds. The topological polar surface area (TPSA) is 61.8 Å². The molecule has 4 nitrogen and oxygen atoms in total. The predicted octanol–water partition coefficient (Wildman–Crippen LogP) is 0.465. The molecule has 2 atom stereocenters. The quantitative estimate of drug-likeness (QED) is 0.620. The molecule has 1 rings (SSSR count). The number of alkyl halides is 1. The molecule has 0 saturated heterocycles. The van der Waals surface area contributed by atoms with E-state index in [0.29, 0.717) is 5.82 Å². The summed E-state index contributed by atoms with van der Waals surface area (Å²) in [4.78, 5) is 3.78. The van der Waals surface area contributed by atoms with Crippen LogP contribution in [0.3, 0.4) is 0 Å². The van der Waals surface area contributed by atoms with Gasteiger partial charge in [-0.15, -0.1) is 11.6 Å². The van der Waals surface area contributed by atoms with Crippen molar-refractivity contribution in [1.29, 1.82) is 0 Å². The SMILES string of the molecule is CC(O)C(Cl)c1ncn[nH]1. The number of rotatable bonds is 2. The Bertz CT molecular complexity index is 187. The van der Waals surface area contributed by atoms with Gasteiger partial charge in [0.2, 0.25) is 0 Å². The van der Waals surface area contributed by atoms with E-state index in [-0.39, 0.29) is 0 Å². The highest BCUT2D eigenvalue weighted by Gasteiger charge is 2.15. The van der Waals surface area contributed by atoms with E-state index >= 15 is 0 Å². The van der Waals surface area contributed by atoms with Gasteiger partial charge in [-0.1, -0.05) is 0 Å². The maximum absolute atomic E-state index is 8.97. The number of aliphatic hydroxyl groups excluding tert-OH is 1. The second-order valence-corrected chi connectivity index (χ2v) is 2.48. The first-order valence-corrected chi connectivity index (χ1v) is 3.33. The van der Waals surface area contributed by atoms with Gasteiger partial charge >= 0.3 is 0 Å². The fraction of sp³-hybridized carbons (Fsp3) is 0.600. The Morgan fingerprint density at radius 2 is 2.50 bits per heavy atom. The fourth-order valence-electron chi connectivity index (χ4n) is 0.576. The number of hydrogen-bond donors (Lipinski definition) is 2. The molecule has 56 valence electrons. The van der Waals surface area contributed by atoms with E-state index in [4.69, 9.17) is 16.7 Å². The minimum absolute atomic E-state index is 0.497. The van der Waals surface area contributed by atoms with E-state index in [0.717, 1.165) is 0 Å². The summed E-state index contributed by atoms with van der Waals surface area (Å²) in [6.07, 6.45) is 0.738. The highest BCUT2D eigenvalue weighted by atomic mass is 35.5. The number of hydrogen-bond acceptors (Lipinski definition) is 3. The summed E-state index contributed by atoms with van der Waals surface area (Å²) < 4.78 is 0. The number of aromatic amines is 1. The molecule has 0 radical (unpaired) electrons. The summed E-state index contributed by atoms with van der Waals surface area (Å²) in [5.74, 6) is 0.497. The molecule has 0 aliphatic carbocycles. The average molecular weight is 162 g/mol. The summed E-state index contributed by atoms with van der Waals surface area (Å²) in [7, 11) is 0. The summed E-state index contributed by atoms with van der Waals surface area (Å²) in [5, 5.41) is 14.6. The first kappa shape index (κ1) is 7.50. The largest absolute Gasteiger partial charge is 0.391 e. The lowest BCUT2D eigenvalue weighted by Gasteiger charge is -2.07. The fourth-order valence-corrected chi connectivity index (χ4v) is 0.681. The van der Waals surface area contributed by atoms with Crippen LogP contribution in [0.15, 0.2) is 6.33 Å². The van der Waals surface area contributed by atoms with Gasteiger partial charge in [0, 0.05) is 0 Å². The van der Waals surface area contributed by atoms with Crippen LogP contribution in [0.2, 0.25) is 0 Å². The average Bonchev–Trinajstić information content (AvgIpc) is 2.36. The third kappa shape index (κ3) is 1.46. The van der Waals surface area contributed by atoms with Crippen LogP contribution < -0.4 is 0 Å². The molecule has 0 aliphatic rings. The van der Waals surface area contributed by atoms with Gasteiger partial charge in [0.05, 0.1) is 6.10 Å². The van der Waals surface area contributed by atoms with Crippen molar-refractivity contribution < 1.29 is 5.11 Å². The molecule has 0 saturated carbocycles. The molecule has 5 heteroatoms. The Kier molecular flexibility index (Phi) is 2.24. The molecule has 0 bridgehead atoms. The maximum Gasteiger partial charge on any atom is 0.144 e. The number of aliphatic hydroxyl groups is 1. The molecule has 10 heavy (non-hydrogen) atoms. The minimum atomic E-state index is -0.616. The lowest BCUT2D eigenvalue weighted by atomic mass is 10.3. The molecule has 1 aromatic heterocycles. The summed E-state index contributed by atoms with van der Waals surface area (Å²) in [6.45, 7) is 1.60. The summed E-state index contributed by atoms with van der Waals surface area (Å²) in [5.41, 5.74) is 0. The molecule has 0 spiro atoms. The Balaban J connectivity index is 2.68. The van der Waals surface area contributed by atoms with Crippen LogP contribution in [0.1, 0.15) is 18.1 Å². The Labute approximate surface area is 63.2 Å². The highest BCUT2D eigenvalue weighted by molar-refractivity contribution is 6.20. The van der Waals surface area contributed by atoms with Gasteiger partial charge in [0.15, 0.2) is 0 Å². The standard InChI is InChI=1S/C5H8ClN3O/c1-3(10)4(6)5-7-2-8-9-5/h2-4,10H,1H3,(H,7,8,9). The van der Waals surface area contributed by atoms with Crippen molar-refractivity contribution in [3.05, 3.63) is 12.2 Å². The Hall–Kier alpha value is -0.610. The number of aromatic nitrogens is 3. The second kappa shape index (κ2) is 2.98. The normalized spacial score (nSPS) is 16.7. The van der Waals surface area contributed by atoms with Crippen molar-refractivity contribution >= 4 is 11.6 Å². The molecule has 1 heterocycles. The van der Waals surface area contributed by atoms with E-state index < -0.39 is 11.5 Å². The molecule has 0 aliphatic heterocycles. The van der Waals surface area contributed by atoms with Crippen molar-refractivity contribution in [1.82, 2.24) is 15.2 Å². The van der Waals surface area contributed by atoms with Gasteiger partial charge in [0.25, 0.3) is 0 Å². The van der Waals surface area contributed by atoms with E-state index in [1.807, 2.05) is 0 Å². The van der Waals surface area contributed by atoms with E-state index in [2.05, 4.69) is 15.2 Å². The van der Waals surface area contributed by atoms with Crippen LogP contribution in [0.25, 0.3) is 0 Å². The summed E-state index contributed by atoms with van der Waals surface area (Å²) >= 11 is 5.70. The van der Waals surface area contributed by atoms with Crippen LogP contribution in [-0.4, -0.2) is 26.4 Å². The van der Waals surface area contributed by atoms with Gasteiger partial charge < -0.3 is 5.11 Å². The molecule has 2 unspecified atom stereocenters. The van der Waals surface area contributed by atoms with Crippen LogP contribution in [0, 0.1) is 0 Å². The smallest absolute Gasteiger partial charge is 0.144 e. The van der Waals surface area contributed by atoms with Crippen LogP contribution in [0.5, 0.6) is 0 Å². The lowest BCUT2D eigenvalue weighted by molar-refractivity contribution is 0.187. The zero-order valence-corrected chi connectivity index (χ0v) is 6.21. The second-order valence-electron chi connectivity index (χ2n) is 2.01. The zero-order valence-electron chi connectivity index (χ0n) is 5.45. The maximum atomic E-state index is 8.97. The monoisotopic (exact) mass is 161 g/mol. The third-order valence-electron chi connectivity index (χ3n) is 1.12. The van der Waals surface area contributed by atoms with Gasteiger partial charge in [0.1, 0.15) is 17.5 Å². The first-order chi connectivity index (χ1) is 4.72. The first-order valence-electron chi connectivity index (χ1n) is 2.89. The van der Waals surface area contributed by atoms with Crippen molar-refractivity contribution in [2.45, 2.75) is 18.4 Å². The van der Waals surface area contributed by atoms with Gasteiger partial charge in [-0.05, 0) is 6.92 Å². The zero-order chi connectivity index (χ0) is 7.56. The Morgan fingerprint density at radius 1 is 1.80 bits per heavy atom. The number of nitrogens with zero attached hydrogens (tertiary/aromatic N) is 2. The lowest BCUT2D eigenvalue weighted by Crippen LogP contribution is -2.10. The van der Waals surface area contributed by atoms with Gasteiger partial charge in [-0.2, -0.15) is 5.10 Å². The Morgan fingerprint density at radius 3 is 2.90 bits per heavy atom. The third-order valence-corrected chi connectivity index (χ3v) is 1.69. The molecule has 0 aromatic carbocycles. The molecule has 2 N–H and O–H groups in total. The molecule has 0 fully saturated rings. The number of nitrogens with one attached hydrogen (secondary N) is 1. The van der Waals surface area contributed by atoms with Crippen molar-refractivity contribution in [2.75, 3.05) is 0 Å². The molecular weight excluding hydrogens is 154 g/mol.